The molecule has 0 bridgehead atoms. The van der Waals surface area contributed by atoms with Gasteiger partial charge >= 0.3 is 0 Å². The molecule has 1 fully saturated rings. The Balaban J connectivity index is 1.33. The van der Waals surface area contributed by atoms with Crippen LogP contribution in [0.2, 0.25) is 0 Å². The van der Waals surface area contributed by atoms with Crippen LogP contribution < -0.4 is 15.0 Å². The average Bonchev–Trinajstić information content (AvgIpc) is 3.31. The number of hydrogen-bond donors (Lipinski definition) is 1. The molecule has 0 spiro atoms. The molecule has 0 aliphatic carbocycles. The van der Waals surface area contributed by atoms with E-state index in [0.29, 0.717) is 12.4 Å². The van der Waals surface area contributed by atoms with Crippen LogP contribution in [0.15, 0.2) is 49.3 Å². The molecule has 1 N–H and O–H groups in total. The Kier molecular flexibility index (Phi) is 5.64. The number of rotatable bonds is 6. The summed E-state index contributed by atoms with van der Waals surface area (Å²) < 4.78 is 7.03. The fourth-order valence-electron chi connectivity index (χ4n) is 3.38. The minimum Gasteiger partial charge on any atom is -0.494 e. The molecular weight excluding hydrogens is 370 g/mol. The first-order valence-corrected chi connectivity index (χ1v) is 9.68. The molecule has 2 aromatic heterocycles. The van der Waals surface area contributed by atoms with Gasteiger partial charge in [-0.2, -0.15) is 5.10 Å². The highest BCUT2D eigenvalue weighted by Crippen LogP contribution is 2.24. The van der Waals surface area contributed by atoms with Crippen LogP contribution in [0.25, 0.3) is 5.82 Å². The van der Waals surface area contributed by atoms with E-state index in [9.17, 15) is 4.79 Å². The van der Waals surface area contributed by atoms with Crippen molar-refractivity contribution >= 4 is 17.4 Å². The second-order valence-corrected chi connectivity index (χ2v) is 6.78. The van der Waals surface area contributed by atoms with Crippen molar-refractivity contribution in [1.82, 2.24) is 24.7 Å². The number of ether oxygens (including phenoxy) is 1. The molecular formula is C20H23N7O2. The van der Waals surface area contributed by atoms with Crippen molar-refractivity contribution in [3.8, 4) is 11.6 Å². The summed E-state index contributed by atoms with van der Waals surface area (Å²) in [7, 11) is 0. The predicted octanol–water partition coefficient (Wildman–Crippen LogP) is 2.31. The number of anilines is 2. The van der Waals surface area contributed by atoms with E-state index in [-0.39, 0.29) is 11.8 Å². The Hall–Kier alpha value is -3.49. The summed E-state index contributed by atoms with van der Waals surface area (Å²) in [6.07, 6.45) is 6.13. The maximum atomic E-state index is 12.6. The molecule has 0 radical (unpaired) electrons. The zero-order chi connectivity index (χ0) is 20.1. The fourth-order valence-corrected chi connectivity index (χ4v) is 3.38. The summed E-state index contributed by atoms with van der Waals surface area (Å²) in [6.45, 7) is 4.08. The molecule has 9 nitrogen and oxygen atoms in total. The minimum absolute atomic E-state index is 0.0190. The molecule has 0 unspecified atom stereocenters. The number of amides is 1. The number of carbonyl (C=O) groups is 1. The van der Waals surface area contributed by atoms with Crippen molar-refractivity contribution < 1.29 is 9.53 Å². The van der Waals surface area contributed by atoms with E-state index in [1.807, 2.05) is 37.3 Å². The molecule has 1 aromatic carbocycles. The van der Waals surface area contributed by atoms with Crippen LogP contribution in [0.5, 0.6) is 5.75 Å². The number of benzene rings is 1. The van der Waals surface area contributed by atoms with Gasteiger partial charge in [0, 0.05) is 30.8 Å². The number of nitrogens with one attached hydrogen (secondary N) is 1. The van der Waals surface area contributed by atoms with Gasteiger partial charge in [0.05, 0.1) is 6.61 Å². The van der Waals surface area contributed by atoms with Crippen molar-refractivity contribution in [2.24, 2.45) is 5.92 Å². The summed E-state index contributed by atoms with van der Waals surface area (Å²) in [5, 5.41) is 7.11. The summed E-state index contributed by atoms with van der Waals surface area (Å²) in [5.41, 5.74) is 0.786. The van der Waals surface area contributed by atoms with E-state index in [4.69, 9.17) is 4.74 Å². The normalized spacial score (nSPS) is 14.6. The highest BCUT2D eigenvalue weighted by Gasteiger charge is 2.26. The van der Waals surface area contributed by atoms with Crippen LogP contribution in [0.4, 0.5) is 11.5 Å². The molecule has 1 aliphatic rings. The minimum atomic E-state index is -0.0190. The smallest absolute Gasteiger partial charge is 0.227 e. The van der Waals surface area contributed by atoms with Gasteiger partial charge in [-0.05, 0) is 44.0 Å². The summed E-state index contributed by atoms with van der Waals surface area (Å²) >= 11 is 0. The highest BCUT2D eigenvalue weighted by atomic mass is 16.5. The first kappa shape index (κ1) is 18.9. The molecule has 29 heavy (non-hydrogen) atoms. The Morgan fingerprint density at radius 3 is 2.59 bits per heavy atom. The average molecular weight is 393 g/mol. The molecule has 1 amide bonds. The SMILES string of the molecule is CCOc1ccc(NC(=O)C2CCN(c3cc(-n4cncn4)ncn3)CC2)cc1. The lowest BCUT2D eigenvalue weighted by Gasteiger charge is -2.32. The number of hydrogen-bond acceptors (Lipinski definition) is 7. The number of nitrogens with zero attached hydrogens (tertiary/aromatic N) is 6. The predicted molar refractivity (Wildman–Crippen MR) is 108 cm³/mol. The van der Waals surface area contributed by atoms with Crippen molar-refractivity contribution in [2.45, 2.75) is 19.8 Å². The third kappa shape index (κ3) is 4.50. The first-order chi connectivity index (χ1) is 14.2. The van der Waals surface area contributed by atoms with Gasteiger partial charge in [-0.1, -0.05) is 0 Å². The Labute approximate surface area is 168 Å². The molecule has 4 rings (SSSR count). The zero-order valence-electron chi connectivity index (χ0n) is 16.2. The Morgan fingerprint density at radius 1 is 1.14 bits per heavy atom. The molecule has 0 atom stereocenters. The lowest BCUT2D eigenvalue weighted by molar-refractivity contribution is -0.120. The molecule has 150 valence electrons. The van der Waals surface area contributed by atoms with Crippen molar-refractivity contribution in [3.05, 3.63) is 49.3 Å². The van der Waals surface area contributed by atoms with Crippen molar-refractivity contribution in [1.29, 1.82) is 0 Å². The van der Waals surface area contributed by atoms with Crippen LogP contribution in [0, 0.1) is 5.92 Å². The zero-order valence-corrected chi connectivity index (χ0v) is 16.2. The van der Waals surface area contributed by atoms with E-state index >= 15 is 0 Å². The van der Waals surface area contributed by atoms with Crippen LogP contribution in [0.3, 0.4) is 0 Å². The van der Waals surface area contributed by atoms with Crippen LogP contribution in [-0.4, -0.2) is 50.3 Å². The van der Waals surface area contributed by atoms with E-state index in [0.717, 1.165) is 43.2 Å². The number of carbonyl (C=O) groups excluding carboxylic acids is 1. The lowest BCUT2D eigenvalue weighted by Crippen LogP contribution is -2.38. The van der Waals surface area contributed by atoms with Crippen LogP contribution >= 0.6 is 0 Å². The fraction of sp³-hybridized carbons (Fsp3) is 0.350. The third-order valence-electron chi connectivity index (χ3n) is 4.91. The quantitative estimate of drug-likeness (QED) is 0.686. The molecule has 0 saturated carbocycles. The van der Waals surface area contributed by atoms with E-state index in [1.165, 1.54) is 12.7 Å². The molecule has 1 saturated heterocycles. The largest absolute Gasteiger partial charge is 0.494 e. The Bertz CT molecular complexity index is 936. The highest BCUT2D eigenvalue weighted by molar-refractivity contribution is 5.92. The molecule has 3 aromatic rings. The third-order valence-corrected chi connectivity index (χ3v) is 4.91. The summed E-state index contributed by atoms with van der Waals surface area (Å²) in [5.74, 6) is 2.34. The van der Waals surface area contributed by atoms with Crippen molar-refractivity contribution in [2.75, 3.05) is 29.9 Å². The standard InChI is InChI=1S/C20H23N7O2/c1-2-29-17-5-3-16(4-6-17)25-20(28)15-7-9-26(10-8-15)18-11-19(23-13-22-18)27-14-21-12-24-27/h3-6,11-15H,2,7-10H2,1H3,(H,25,28). The maximum Gasteiger partial charge on any atom is 0.227 e. The van der Waals surface area contributed by atoms with Crippen LogP contribution in [0.1, 0.15) is 19.8 Å². The van der Waals surface area contributed by atoms with Gasteiger partial charge in [0.1, 0.15) is 30.5 Å². The van der Waals surface area contributed by atoms with Gasteiger partial charge in [-0.15, -0.1) is 0 Å². The van der Waals surface area contributed by atoms with Crippen LogP contribution in [-0.2, 0) is 4.79 Å². The van der Waals surface area contributed by atoms with Gasteiger partial charge < -0.3 is 15.0 Å². The van der Waals surface area contributed by atoms with E-state index < -0.39 is 0 Å². The maximum absolute atomic E-state index is 12.6. The lowest BCUT2D eigenvalue weighted by atomic mass is 9.96. The van der Waals surface area contributed by atoms with Gasteiger partial charge in [0.2, 0.25) is 5.91 Å². The van der Waals surface area contributed by atoms with E-state index in [2.05, 4.69) is 30.3 Å². The van der Waals surface area contributed by atoms with Gasteiger partial charge in [-0.3, -0.25) is 4.79 Å². The first-order valence-electron chi connectivity index (χ1n) is 9.68. The van der Waals surface area contributed by atoms with Gasteiger partial charge in [-0.25, -0.2) is 19.6 Å². The number of aromatic nitrogens is 5. The van der Waals surface area contributed by atoms with E-state index in [1.54, 1.807) is 11.0 Å². The van der Waals surface area contributed by atoms with Gasteiger partial charge in [0.25, 0.3) is 0 Å². The number of piperidine rings is 1. The molecule has 9 heteroatoms. The summed E-state index contributed by atoms with van der Waals surface area (Å²) in [6, 6.07) is 9.34. The topological polar surface area (TPSA) is 98.1 Å². The Morgan fingerprint density at radius 2 is 1.90 bits per heavy atom. The second kappa shape index (κ2) is 8.68. The monoisotopic (exact) mass is 393 g/mol. The molecule has 1 aliphatic heterocycles. The summed E-state index contributed by atoms with van der Waals surface area (Å²) in [4.78, 5) is 27.3. The van der Waals surface area contributed by atoms with Crippen molar-refractivity contribution in [3.63, 3.8) is 0 Å². The molecule has 3 heterocycles. The van der Waals surface area contributed by atoms with Gasteiger partial charge in [0.15, 0.2) is 5.82 Å². The second-order valence-electron chi connectivity index (χ2n) is 6.78.